The molecular weight excluding hydrogens is 613 g/mol. The number of aromatic amines is 2. The van der Waals surface area contributed by atoms with E-state index >= 15 is 13.2 Å². The van der Waals surface area contributed by atoms with Crippen molar-refractivity contribution in [2.45, 2.75) is 82.0 Å². The van der Waals surface area contributed by atoms with Gasteiger partial charge >= 0.3 is 0 Å². The smallest absolute Gasteiger partial charge is 0.151 e. The Hall–Kier alpha value is -4.09. The van der Waals surface area contributed by atoms with Gasteiger partial charge in [-0.05, 0) is 107 Å². The molecule has 2 aromatic heterocycles. The lowest BCUT2D eigenvalue weighted by Crippen LogP contribution is -2.31. The Bertz CT molecular complexity index is 1950. The van der Waals surface area contributed by atoms with Crippen molar-refractivity contribution in [3.8, 4) is 0 Å². The van der Waals surface area contributed by atoms with E-state index in [1.807, 2.05) is 21.9 Å². The summed E-state index contributed by atoms with van der Waals surface area (Å²) in [5.41, 5.74) is 5.11. The van der Waals surface area contributed by atoms with E-state index in [4.69, 9.17) is 9.97 Å². The molecule has 0 aliphatic carbocycles. The third-order valence-corrected chi connectivity index (χ3v) is 11.0. The number of H-pyrrole nitrogens is 2. The van der Waals surface area contributed by atoms with Crippen LogP contribution >= 0.6 is 0 Å². The molecule has 3 aromatic carbocycles. The van der Waals surface area contributed by atoms with Crippen LogP contribution in [0.3, 0.4) is 0 Å². The van der Waals surface area contributed by atoms with E-state index in [0.29, 0.717) is 42.7 Å². The number of halogens is 3. The zero-order valence-corrected chi connectivity index (χ0v) is 27.0. The lowest BCUT2D eigenvalue weighted by molar-refractivity contribution is 0.528. The molecule has 4 N–H and O–H groups in total. The van der Waals surface area contributed by atoms with E-state index in [1.54, 1.807) is 0 Å². The third kappa shape index (κ3) is 5.22. The predicted octanol–water partition coefficient (Wildman–Crippen LogP) is 7.78. The molecule has 0 amide bonds. The van der Waals surface area contributed by atoms with Crippen molar-refractivity contribution in [2.24, 2.45) is 0 Å². The highest BCUT2D eigenvalue weighted by Crippen LogP contribution is 2.49. The summed E-state index contributed by atoms with van der Waals surface area (Å²) in [5, 5.41) is 6.97. The summed E-state index contributed by atoms with van der Waals surface area (Å²) in [6.07, 6.45) is 8.43. The molecule has 0 radical (unpaired) electrons. The molecule has 9 rings (SSSR count). The normalized spacial score (nSPS) is 24.9. The number of benzene rings is 3. The first kappa shape index (κ1) is 30.0. The highest BCUT2D eigenvalue weighted by Gasteiger charge is 2.38. The average Bonchev–Trinajstić information content (AvgIpc) is 3.93. The molecular formula is C37H41F3N8. The molecule has 4 saturated heterocycles. The lowest BCUT2D eigenvalue weighted by Gasteiger charge is -2.35. The van der Waals surface area contributed by atoms with Crippen molar-refractivity contribution in [1.29, 1.82) is 0 Å². The van der Waals surface area contributed by atoms with Gasteiger partial charge in [0.1, 0.15) is 23.2 Å². The topological polar surface area (TPSA) is 87.9 Å². The number of nitrogens with zero attached hydrogens (tertiary/aromatic N) is 4. The first-order valence-corrected chi connectivity index (χ1v) is 17.7. The van der Waals surface area contributed by atoms with Crippen LogP contribution in [-0.4, -0.2) is 46.1 Å². The van der Waals surface area contributed by atoms with Crippen molar-refractivity contribution in [1.82, 2.24) is 30.6 Å². The van der Waals surface area contributed by atoms with Gasteiger partial charge in [0.25, 0.3) is 0 Å². The fourth-order valence-electron chi connectivity index (χ4n) is 8.67. The number of anilines is 2. The molecule has 11 heteroatoms. The Labute approximate surface area is 277 Å². The highest BCUT2D eigenvalue weighted by molar-refractivity contribution is 5.78. The Morgan fingerprint density at radius 3 is 1.94 bits per heavy atom. The van der Waals surface area contributed by atoms with Gasteiger partial charge in [0.05, 0.1) is 46.2 Å². The van der Waals surface area contributed by atoms with Gasteiger partial charge in [0.15, 0.2) is 11.6 Å². The Morgan fingerprint density at radius 2 is 1.27 bits per heavy atom. The number of nitrogens with one attached hydrogen (secondary N) is 4. The molecule has 48 heavy (non-hydrogen) atoms. The molecule has 6 heterocycles. The van der Waals surface area contributed by atoms with E-state index < -0.39 is 17.7 Å². The number of hydrogen-bond acceptors (Lipinski definition) is 6. The summed E-state index contributed by atoms with van der Waals surface area (Å²) in [6, 6.07) is 12.1. The lowest BCUT2D eigenvalue weighted by atomic mass is 10.0. The van der Waals surface area contributed by atoms with Crippen LogP contribution in [0.1, 0.15) is 105 Å². The third-order valence-electron chi connectivity index (χ3n) is 11.0. The number of rotatable bonds is 6. The first-order chi connectivity index (χ1) is 23.5. The maximum atomic E-state index is 16.1. The van der Waals surface area contributed by atoms with E-state index in [2.05, 4.69) is 32.7 Å². The van der Waals surface area contributed by atoms with Crippen LogP contribution in [0.4, 0.5) is 24.5 Å². The fourth-order valence-corrected chi connectivity index (χ4v) is 8.67. The summed E-state index contributed by atoms with van der Waals surface area (Å²) in [4.78, 5) is 20.4. The standard InChI is InChI=1S/C37H41F3N8/c38-24-20-32-31(45-37(46-32)29-7-5-13-42-29)19-23(24)34-11-10-33(21-8-9-27-30(16-21)44-36(43-27)28-6-4-12-41-28)48(34)22-17-25(39)35(26(40)18-22)47-14-2-1-3-15-47/h8-9,16-20,28-29,33-34,41-42H,1-7,10-15H2,(H,43,44)(H,45,46)/t28-,29-,33+,34+/m0/s1. The summed E-state index contributed by atoms with van der Waals surface area (Å²) in [6.45, 7) is 3.19. The Balaban J connectivity index is 1.12. The second kappa shape index (κ2) is 12.1. The van der Waals surface area contributed by atoms with E-state index in [-0.39, 0.29) is 29.6 Å². The van der Waals surface area contributed by atoms with Crippen LogP contribution in [0.25, 0.3) is 22.1 Å². The second-order valence-electron chi connectivity index (χ2n) is 14.0. The van der Waals surface area contributed by atoms with Crippen LogP contribution in [0.15, 0.2) is 42.5 Å². The van der Waals surface area contributed by atoms with Crippen LogP contribution in [0, 0.1) is 17.5 Å². The maximum Gasteiger partial charge on any atom is 0.151 e. The van der Waals surface area contributed by atoms with Crippen molar-refractivity contribution < 1.29 is 13.2 Å². The van der Waals surface area contributed by atoms with Gasteiger partial charge in [0.2, 0.25) is 0 Å². The van der Waals surface area contributed by atoms with Gasteiger partial charge in [-0.15, -0.1) is 0 Å². The number of piperidine rings is 1. The van der Waals surface area contributed by atoms with Crippen molar-refractivity contribution >= 4 is 33.4 Å². The summed E-state index contributed by atoms with van der Waals surface area (Å²) >= 11 is 0. The zero-order chi connectivity index (χ0) is 32.4. The minimum absolute atomic E-state index is 0.0378. The van der Waals surface area contributed by atoms with Gasteiger partial charge in [0, 0.05) is 30.4 Å². The van der Waals surface area contributed by atoms with E-state index in [9.17, 15) is 0 Å². The van der Waals surface area contributed by atoms with Gasteiger partial charge in [-0.25, -0.2) is 23.1 Å². The van der Waals surface area contributed by atoms with Crippen LogP contribution in [-0.2, 0) is 0 Å². The molecule has 4 fully saturated rings. The number of hydrogen-bond donors (Lipinski definition) is 4. The fraction of sp³-hybridized carbons (Fsp3) is 0.459. The van der Waals surface area contributed by atoms with Gasteiger partial charge in [-0.3, -0.25) is 0 Å². The molecule has 8 nitrogen and oxygen atoms in total. The summed E-state index contributed by atoms with van der Waals surface area (Å²) < 4.78 is 48.1. The molecule has 4 atom stereocenters. The number of fused-ring (bicyclic) bond motifs is 2. The monoisotopic (exact) mass is 654 g/mol. The van der Waals surface area contributed by atoms with Gasteiger partial charge in [-0.1, -0.05) is 6.07 Å². The molecule has 0 unspecified atom stereocenters. The SMILES string of the molecule is Fc1cc2nc([C@@H]3CCCN3)[nH]c2cc1[C@H]1CC[C@H](c2ccc3nc([C@@H]4CCCN4)[nH]c3c2)N1c1cc(F)c(N2CCCCC2)c(F)c1. The molecule has 4 aliphatic heterocycles. The van der Waals surface area contributed by atoms with Crippen molar-refractivity contribution in [2.75, 3.05) is 36.0 Å². The minimum Gasteiger partial charge on any atom is -0.367 e. The Morgan fingerprint density at radius 1 is 0.625 bits per heavy atom. The highest BCUT2D eigenvalue weighted by atomic mass is 19.1. The van der Waals surface area contributed by atoms with Gasteiger partial charge in [-0.2, -0.15) is 0 Å². The van der Waals surface area contributed by atoms with Crippen molar-refractivity contribution in [3.63, 3.8) is 0 Å². The largest absolute Gasteiger partial charge is 0.367 e. The minimum atomic E-state index is -0.577. The van der Waals surface area contributed by atoms with Crippen LogP contribution in [0.2, 0.25) is 0 Å². The molecule has 5 aromatic rings. The van der Waals surface area contributed by atoms with Gasteiger partial charge < -0.3 is 30.4 Å². The van der Waals surface area contributed by atoms with E-state index in [1.165, 1.54) is 18.2 Å². The quantitative estimate of drug-likeness (QED) is 0.150. The number of imidazole rings is 2. The summed E-state index contributed by atoms with van der Waals surface area (Å²) in [5.74, 6) is 0.233. The molecule has 250 valence electrons. The summed E-state index contributed by atoms with van der Waals surface area (Å²) in [7, 11) is 0. The first-order valence-electron chi connectivity index (χ1n) is 17.7. The van der Waals surface area contributed by atoms with Crippen LogP contribution in [0.5, 0.6) is 0 Å². The predicted molar refractivity (Wildman–Crippen MR) is 182 cm³/mol. The molecule has 0 saturated carbocycles. The second-order valence-corrected chi connectivity index (χ2v) is 14.0. The van der Waals surface area contributed by atoms with Crippen LogP contribution < -0.4 is 20.4 Å². The zero-order valence-electron chi connectivity index (χ0n) is 27.0. The van der Waals surface area contributed by atoms with Crippen molar-refractivity contribution in [3.05, 3.63) is 82.7 Å². The molecule has 0 bridgehead atoms. The number of aromatic nitrogens is 4. The molecule has 4 aliphatic rings. The van der Waals surface area contributed by atoms with E-state index in [0.717, 1.165) is 91.8 Å². The Kier molecular flexibility index (Phi) is 7.57. The molecule has 0 spiro atoms. The average molecular weight is 655 g/mol. The maximum absolute atomic E-state index is 16.1.